The quantitative estimate of drug-likeness (QED) is 0.468. The Hall–Kier alpha value is -3.91. The van der Waals surface area contributed by atoms with E-state index in [0.717, 1.165) is 10.8 Å². The second-order valence-corrected chi connectivity index (χ2v) is 8.18. The third-order valence-electron chi connectivity index (χ3n) is 6.08. The number of aromatic nitrogens is 1. The molecule has 0 radical (unpaired) electrons. The van der Waals surface area contributed by atoms with E-state index in [9.17, 15) is 14.0 Å². The van der Waals surface area contributed by atoms with Crippen molar-refractivity contribution < 1.29 is 23.5 Å². The van der Waals surface area contributed by atoms with Gasteiger partial charge in [0.05, 0.1) is 30.9 Å². The van der Waals surface area contributed by atoms with Gasteiger partial charge in [-0.2, -0.15) is 0 Å². The van der Waals surface area contributed by atoms with Crippen LogP contribution in [0.3, 0.4) is 0 Å². The summed E-state index contributed by atoms with van der Waals surface area (Å²) < 4.78 is 25.1. The Kier molecular flexibility index (Phi) is 5.67. The molecule has 0 aliphatic carbocycles. The summed E-state index contributed by atoms with van der Waals surface area (Å²) in [6, 6.07) is 13.7. The molecule has 2 amide bonds. The number of primary amides is 1. The second kappa shape index (κ2) is 8.79. The second-order valence-electron chi connectivity index (χ2n) is 8.18. The molecular weight excluding hydrogens is 437 g/mol. The van der Waals surface area contributed by atoms with Gasteiger partial charge in [-0.15, -0.1) is 0 Å². The van der Waals surface area contributed by atoms with Crippen LogP contribution in [0.5, 0.6) is 5.75 Å². The summed E-state index contributed by atoms with van der Waals surface area (Å²) in [7, 11) is 0. The normalized spacial score (nSPS) is 14.0. The number of hydrogen-bond donors (Lipinski definition) is 2. The van der Waals surface area contributed by atoms with E-state index in [0.29, 0.717) is 66.2 Å². The maximum atomic E-state index is 14.5. The zero-order chi connectivity index (χ0) is 23.8. The first-order valence-electron chi connectivity index (χ1n) is 11.1. The molecule has 8 heteroatoms. The summed E-state index contributed by atoms with van der Waals surface area (Å²) in [6.45, 7) is 4.31. The van der Waals surface area contributed by atoms with E-state index in [2.05, 4.69) is 4.98 Å². The van der Waals surface area contributed by atoms with Gasteiger partial charge in [0.1, 0.15) is 0 Å². The van der Waals surface area contributed by atoms with Crippen molar-refractivity contribution >= 4 is 33.6 Å². The third kappa shape index (κ3) is 3.86. The minimum absolute atomic E-state index is 0.0652. The number of nitrogens with two attached hydrogens (primary N) is 1. The molecule has 34 heavy (non-hydrogen) atoms. The average molecular weight is 461 g/mol. The maximum absolute atomic E-state index is 14.5. The van der Waals surface area contributed by atoms with Gasteiger partial charge in [0.25, 0.3) is 11.8 Å². The largest absolute Gasteiger partial charge is 0.491 e. The minimum atomic E-state index is -0.602. The summed E-state index contributed by atoms with van der Waals surface area (Å²) in [4.78, 5) is 30.2. The Morgan fingerprint density at radius 2 is 1.85 bits per heavy atom. The van der Waals surface area contributed by atoms with Crippen LogP contribution in [0.1, 0.15) is 27.6 Å². The Bertz CT molecular complexity index is 1420. The number of nitrogens with zero attached hydrogens (tertiary/aromatic N) is 1. The van der Waals surface area contributed by atoms with E-state index in [4.69, 9.17) is 15.2 Å². The molecule has 2 heterocycles. The number of aromatic amines is 1. The highest BCUT2D eigenvalue weighted by Gasteiger charge is 2.20. The molecule has 3 N–H and O–H groups in total. The minimum Gasteiger partial charge on any atom is -0.491 e. The van der Waals surface area contributed by atoms with Gasteiger partial charge in [-0.1, -0.05) is 12.1 Å². The summed E-state index contributed by atoms with van der Waals surface area (Å²) in [6.07, 6.45) is 0. The van der Waals surface area contributed by atoms with E-state index in [1.807, 2.05) is 12.1 Å². The van der Waals surface area contributed by atoms with Gasteiger partial charge in [0.15, 0.2) is 11.6 Å². The predicted octanol–water partition coefficient (Wildman–Crippen LogP) is 4.10. The van der Waals surface area contributed by atoms with Gasteiger partial charge in [0.2, 0.25) is 0 Å². The van der Waals surface area contributed by atoms with Crippen LogP contribution < -0.4 is 10.5 Å². The van der Waals surface area contributed by atoms with Crippen LogP contribution in [0.15, 0.2) is 48.5 Å². The molecule has 7 nitrogen and oxygen atoms in total. The highest BCUT2D eigenvalue weighted by atomic mass is 19.1. The molecule has 5 rings (SSSR count). The van der Waals surface area contributed by atoms with E-state index in [1.54, 1.807) is 42.2 Å². The fourth-order valence-electron chi connectivity index (χ4n) is 4.40. The van der Waals surface area contributed by atoms with Crippen molar-refractivity contribution in [1.29, 1.82) is 0 Å². The lowest BCUT2D eigenvalue weighted by atomic mass is 9.98. The number of carbonyl (C=O) groups excluding carboxylic acids is 2. The lowest BCUT2D eigenvalue weighted by Gasteiger charge is -2.26. The van der Waals surface area contributed by atoms with Crippen LogP contribution in [0.25, 0.3) is 32.9 Å². The fourth-order valence-corrected chi connectivity index (χ4v) is 4.40. The number of fused-ring (bicyclic) bond motifs is 3. The first-order chi connectivity index (χ1) is 16.5. The molecule has 174 valence electrons. The Morgan fingerprint density at radius 3 is 2.56 bits per heavy atom. The number of benzene rings is 3. The number of amides is 2. The van der Waals surface area contributed by atoms with E-state index >= 15 is 0 Å². The highest BCUT2D eigenvalue weighted by Crippen LogP contribution is 2.34. The summed E-state index contributed by atoms with van der Waals surface area (Å²) >= 11 is 0. The summed E-state index contributed by atoms with van der Waals surface area (Å²) in [5, 5.41) is 1.60. The van der Waals surface area contributed by atoms with Crippen molar-refractivity contribution in [3.05, 3.63) is 65.5 Å². The zero-order valence-electron chi connectivity index (χ0n) is 18.7. The van der Waals surface area contributed by atoms with Crippen molar-refractivity contribution in [2.45, 2.75) is 6.92 Å². The first kappa shape index (κ1) is 21.9. The van der Waals surface area contributed by atoms with Crippen LogP contribution in [0.2, 0.25) is 0 Å². The molecule has 1 aliphatic heterocycles. The monoisotopic (exact) mass is 461 g/mol. The van der Waals surface area contributed by atoms with Crippen molar-refractivity contribution in [3.8, 4) is 16.9 Å². The standard InChI is InChI=1S/C26H24FN3O4/c1-2-34-23-6-4-15(13-21(23)27)17-11-19-18-5-3-16(26(32)30-7-9-33-10-8-30)14-22(18)29-24(19)20(12-17)25(28)31/h3-6,11-14,29H,2,7-10H2,1H3,(H2,28,31). The Morgan fingerprint density at radius 1 is 1.06 bits per heavy atom. The Balaban J connectivity index is 1.61. The van der Waals surface area contributed by atoms with Crippen LogP contribution in [-0.2, 0) is 4.74 Å². The lowest BCUT2D eigenvalue weighted by Crippen LogP contribution is -2.40. The molecule has 0 bridgehead atoms. The number of morpholine rings is 1. The first-order valence-corrected chi connectivity index (χ1v) is 11.1. The van der Waals surface area contributed by atoms with Crippen LogP contribution in [0, 0.1) is 5.82 Å². The molecule has 0 unspecified atom stereocenters. The molecular formula is C26H24FN3O4. The number of rotatable bonds is 5. The van der Waals surface area contributed by atoms with Crippen LogP contribution >= 0.6 is 0 Å². The predicted molar refractivity (Wildman–Crippen MR) is 128 cm³/mol. The number of halogens is 1. The molecule has 0 saturated carbocycles. The van der Waals surface area contributed by atoms with Gasteiger partial charge in [0, 0.05) is 34.9 Å². The van der Waals surface area contributed by atoms with E-state index in [-0.39, 0.29) is 11.7 Å². The molecule has 4 aromatic rings. The van der Waals surface area contributed by atoms with Crippen molar-refractivity contribution in [2.75, 3.05) is 32.9 Å². The van der Waals surface area contributed by atoms with Crippen molar-refractivity contribution in [3.63, 3.8) is 0 Å². The highest BCUT2D eigenvalue weighted by molar-refractivity contribution is 6.17. The smallest absolute Gasteiger partial charge is 0.254 e. The average Bonchev–Trinajstić information content (AvgIpc) is 3.22. The van der Waals surface area contributed by atoms with Crippen LogP contribution in [-0.4, -0.2) is 54.6 Å². The molecule has 1 fully saturated rings. The van der Waals surface area contributed by atoms with Crippen molar-refractivity contribution in [2.24, 2.45) is 5.73 Å². The van der Waals surface area contributed by atoms with Gasteiger partial charge in [-0.25, -0.2) is 4.39 Å². The molecule has 0 spiro atoms. The number of H-pyrrole nitrogens is 1. The van der Waals surface area contributed by atoms with Gasteiger partial charge >= 0.3 is 0 Å². The number of hydrogen-bond acceptors (Lipinski definition) is 4. The molecule has 1 aromatic heterocycles. The molecule has 1 aliphatic rings. The molecule has 0 atom stereocenters. The van der Waals surface area contributed by atoms with Gasteiger partial charge in [-0.3, -0.25) is 9.59 Å². The third-order valence-corrected chi connectivity index (χ3v) is 6.08. The maximum Gasteiger partial charge on any atom is 0.254 e. The summed E-state index contributed by atoms with van der Waals surface area (Å²) in [5.41, 5.74) is 9.07. The van der Waals surface area contributed by atoms with Crippen molar-refractivity contribution in [1.82, 2.24) is 9.88 Å². The molecule has 1 saturated heterocycles. The van der Waals surface area contributed by atoms with Crippen LogP contribution in [0.4, 0.5) is 4.39 Å². The zero-order valence-corrected chi connectivity index (χ0v) is 18.7. The van der Waals surface area contributed by atoms with E-state index in [1.165, 1.54) is 6.07 Å². The summed E-state index contributed by atoms with van der Waals surface area (Å²) in [5.74, 6) is -0.976. The fraction of sp³-hybridized carbons (Fsp3) is 0.231. The Labute approximate surface area is 195 Å². The number of carbonyl (C=O) groups is 2. The number of ether oxygens (including phenoxy) is 2. The SMILES string of the molecule is CCOc1ccc(-c2cc(C(N)=O)c3[nH]c4cc(C(=O)N5CCOCC5)ccc4c3c2)cc1F. The van der Waals surface area contributed by atoms with E-state index < -0.39 is 11.7 Å². The van der Waals surface area contributed by atoms with Gasteiger partial charge < -0.3 is 25.1 Å². The lowest BCUT2D eigenvalue weighted by molar-refractivity contribution is 0.0303. The van der Waals surface area contributed by atoms with Gasteiger partial charge in [-0.05, 0) is 54.4 Å². The number of nitrogens with one attached hydrogen (secondary N) is 1. The molecule has 3 aromatic carbocycles. The topological polar surface area (TPSA) is 97.7 Å².